The third-order valence-corrected chi connectivity index (χ3v) is 13.1. The molecule has 8 rings (SSSR count). The van der Waals surface area contributed by atoms with Crippen molar-refractivity contribution >= 4 is 58.5 Å². The van der Waals surface area contributed by atoms with Gasteiger partial charge in [0.05, 0.1) is 41.0 Å². The highest BCUT2D eigenvalue weighted by atomic mass is 35.5. The lowest BCUT2D eigenvalue weighted by Crippen LogP contribution is -2.53. The molecule has 2 heterocycles. The van der Waals surface area contributed by atoms with Crippen LogP contribution in [-0.2, 0) is 36.0 Å². The van der Waals surface area contributed by atoms with Crippen molar-refractivity contribution in [3.05, 3.63) is 129 Å². The van der Waals surface area contributed by atoms with E-state index in [-0.39, 0.29) is 60.7 Å². The van der Waals surface area contributed by atoms with Gasteiger partial charge in [0.2, 0.25) is 11.8 Å². The fourth-order valence-electron chi connectivity index (χ4n) is 9.79. The van der Waals surface area contributed by atoms with Gasteiger partial charge in [-0.25, -0.2) is 0 Å². The van der Waals surface area contributed by atoms with Crippen molar-refractivity contribution in [2.45, 2.75) is 56.5 Å². The quantitative estimate of drug-likeness (QED) is 0.0646. The third kappa shape index (κ3) is 7.15. The maximum Gasteiger partial charge on any atom is 0.303 e. The van der Waals surface area contributed by atoms with Gasteiger partial charge < -0.3 is 19.7 Å². The number of rotatable bonds is 14. The van der Waals surface area contributed by atoms with Gasteiger partial charge in [-0.3, -0.25) is 34.3 Å². The van der Waals surface area contributed by atoms with Gasteiger partial charge in [0.15, 0.2) is 0 Å². The molecule has 0 unspecified atom stereocenters. The van der Waals surface area contributed by atoms with Crippen LogP contribution in [0, 0.1) is 23.7 Å². The van der Waals surface area contributed by atoms with E-state index in [4.69, 9.17) is 37.8 Å². The van der Waals surface area contributed by atoms with Crippen molar-refractivity contribution in [3.8, 4) is 17.2 Å². The molecule has 4 aromatic carbocycles. The summed E-state index contributed by atoms with van der Waals surface area (Å²) in [6.07, 6.45) is 3.58. The number of imide groups is 2. The molecule has 14 heteroatoms. The van der Waals surface area contributed by atoms with Crippen LogP contribution in [0.2, 0.25) is 10.0 Å². The Kier molecular flexibility index (Phi) is 11.4. The molecular weight excluding hydrogens is 809 g/mol. The number of likely N-dealkylation sites (tertiary alicyclic amines) is 1. The molecule has 0 bridgehead atoms. The molecule has 1 saturated carbocycles. The Bertz CT molecular complexity index is 2390. The number of benzene rings is 4. The zero-order chi connectivity index (χ0) is 42.3. The van der Waals surface area contributed by atoms with Crippen molar-refractivity contribution in [1.29, 1.82) is 0 Å². The van der Waals surface area contributed by atoms with E-state index in [1.165, 1.54) is 24.1 Å². The van der Waals surface area contributed by atoms with E-state index in [1.807, 2.05) is 36.4 Å². The number of nitrogens with one attached hydrogen (secondary N) is 1. The minimum atomic E-state index is -1.66. The Morgan fingerprint density at radius 2 is 1.62 bits per heavy atom. The van der Waals surface area contributed by atoms with Crippen LogP contribution in [0.1, 0.15) is 61.1 Å². The fraction of sp³-hybridized carbons (Fsp3) is 0.326. The first-order valence-electron chi connectivity index (χ1n) is 19.9. The molecule has 0 aromatic heterocycles. The zero-order valence-corrected chi connectivity index (χ0v) is 34.2. The number of allylic oxidation sites excluding steroid dienone is 2. The Morgan fingerprint density at radius 3 is 2.32 bits per heavy atom. The Morgan fingerprint density at radius 1 is 0.867 bits per heavy atom. The van der Waals surface area contributed by atoms with E-state index in [1.54, 1.807) is 48.5 Å². The normalized spacial score (nSPS) is 24.4. The Balaban J connectivity index is 1.25. The molecule has 310 valence electrons. The fourth-order valence-corrected chi connectivity index (χ4v) is 10.2. The number of hydrogen-bond donors (Lipinski definition) is 3. The summed E-state index contributed by atoms with van der Waals surface area (Å²) in [5, 5.41) is 22.6. The van der Waals surface area contributed by atoms with Gasteiger partial charge in [-0.2, -0.15) is 5.01 Å². The molecule has 60 heavy (non-hydrogen) atoms. The number of phenolic OH excluding ortho intramolecular Hbond substituents is 1. The van der Waals surface area contributed by atoms with Crippen molar-refractivity contribution < 1.29 is 43.7 Å². The second-order valence-electron chi connectivity index (χ2n) is 15.7. The average molecular weight is 853 g/mol. The van der Waals surface area contributed by atoms with Crippen molar-refractivity contribution in [2.75, 3.05) is 19.1 Å². The van der Waals surface area contributed by atoms with E-state index in [0.29, 0.717) is 52.5 Å². The first-order valence-corrected chi connectivity index (χ1v) is 20.7. The van der Waals surface area contributed by atoms with E-state index in [9.17, 15) is 19.5 Å². The number of ether oxygens (including phenoxy) is 2. The number of phenols is 1. The number of carboxylic acids is 1. The maximum atomic E-state index is 15.6. The molecule has 6 atom stereocenters. The van der Waals surface area contributed by atoms with Crippen molar-refractivity contribution in [2.24, 2.45) is 23.7 Å². The molecule has 4 aliphatic rings. The topological polar surface area (TPSA) is 163 Å². The van der Waals surface area contributed by atoms with E-state index >= 15 is 9.59 Å². The molecule has 3 fully saturated rings. The van der Waals surface area contributed by atoms with Crippen molar-refractivity contribution in [3.63, 3.8) is 0 Å². The van der Waals surface area contributed by atoms with Crippen LogP contribution in [0.15, 0.2) is 103 Å². The van der Waals surface area contributed by atoms with Gasteiger partial charge in [0, 0.05) is 35.5 Å². The highest BCUT2D eigenvalue weighted by Gasteiger charge is 2.70. The number of anilines is 1. The van der Waals surface area contributed by atoms with E-state index in [0.717, 1.165) is 10.6 Å². The summed E-state index contributed by atoms with van der Waals surface area (Å²) in [4.78, 5) is 71.4. The van der Waals surface area contributed by atoms with Crippen LogP contribution < -0.4 is 14.9 Å². The number of carboxylic acid groups (broad SMARTS) is 1. The molecule has 0 radical (unpaired) electrons. The highest BCUT2D eigenvalue weighted by molar-refractivity contribution is 6.36. The van der Waals surface area contributed by atoms with Gasteiger partial charge in [0.25, 0.3) is 11.8 Å². The molecule has 12 nitrogen and oxygen atoms in total. The Labute approximate surface area is 356 Å². The molecule has 2 aliphatic heterocycles. The number of hydrazine groups is 1. The first kappa shape index (κ1) is 40.9. The number of unbranched alkanes of at least 4 members (excludes halogenated alkanes) is 2. The SMILES string of the molecule is COc1ccc([C@@]23C(=O)N(Nc4ccc(Cl)cc4Cl)C(=O)[C@@H]2C[C@@H]2C(=CC[C@@H]4C(=O)N(CCCCCC(=O)O)C(=O)[C@@H]42)[C@@H]3c2ccc(OCc3ccccc3)cc2O)cc1. The van der Waals surface area contributed by atoms with Gasteiger partial charge in [-0.15, -0.1) is 0 Å². The smallest absolute Gasteiger partial charge is 0.303 e. The lowest BCUT2D eigenvalue weighted by Gasteiger charge is -2.50. The number of methoxy groups -OCH3 is 1. The lowest BCUT2D eigenvalue weighted by atomic mass is 9.49. The minimum absolute atomic E-state index is 0.00293. The van der Waals surface area contributed by atoms with Gasteiger partial charge >= 0.3 is 5.97 Å². The van der Waals surface area contributed by atoms with Gasteiger partial charge in [0.1, 0.15) is 23.9 Å². The maximum absolute atomic E-state index is 15.6. The molecule has 2 saturated heterocycles. The predicted molar refractivity (Wildman–Crippen MR) is 222 cm³/mol. The average Bonchev–Trinajstić information content (AvgIpc) is 3.61. The number of carbonyl (C=O) groups is 5. The lowest BCUT2D eigenvalue weighted by molar-refractivity contribution is -0.141. The molecule has 4 amide bonds. The number of fused-ring (bicyclic) bond motifs is 4. The highest BCUT2D eigenvalue weighted by Crippen LogP contribution is 2.65. The molecular formula is C46H43Cl2N3O9. The molecule has 3 N–H and O–H groups in total. The summed E-state index contributed by atoms with van der Waals surface area (Å²) in [7, 11) is 1.53. The van der Waals surface area contributed by atoms with Gasteiger partial charge in [-0.1, -0.05) is 89.8 Å². The number of carbonyl (C=O) groups excluding carboxylic acids is 4. The van der Waals surface area contributed by atoms with Crippen LogP contribution in [0.25, 0.3) is 0 Å². The third-order valence-electron chi connectivity index (χ3n) is 12.5. The van der Waals surface area contributed by atoms with Crippen LogP contribution in [0.4, 0.5) is 5.69 Å². The second kappa shape index (κ2) is 16.7. The van der Waals surface area contributed by atoms with Gasteiger partial charge in [-0.05, 0) is 79.1 Å². The number of hydrogen-bond acceptors (Lipinski definition) is 9. The van der Waals surface area contributed by atoms with Crippen LogP contribution in [0.3, 0.4) is 0 Å². The molecule has 0 spiro atoms. The second-order valence-corrected chi connectivity index (χ2v) is 16.6. The summed E-state index contributed by atoms with van der Waals surface area (Å²) in [6, 6.07) is 26.0. The van der Waals surface area contributed by atoms with Crippen LogP contribution >= 0.6 is 23.2 Å². The Hall–Kier alpha value is -5.85. The van der Waals surface area contributed by atoms with Crippen LogP contribution in [0.5, 0.6) is 17.2 Å². The number of nitrogens with zero attached hydrogens (tertiary/aromatic N) is 2. The summed E-state index contributed by atoms with van der Waals surface area (Å²) >= 11 is 12.8. The number of amides is 4. The summed E-state index contributed by atoms with van der Waals surface area (Å²) in [6.45, 7) is 0.390. The zero-order valence-electron chi connectivity index (χ0n) is 32.7. The van der Waals surface area contributed by atoms with Crippen molar-refractivity contribution in [1.82, 2.24) is 9.91 Å². The number of aromatic hydroxyl groups is 1. The minimum Gasteiger partial charge on any atom is -0.508 e. The standard InChI is InChI=1S/C46H43Cl2N3O9/c1-59-29-14-11-27(12-15-29)46-35(43(56)51(45(46)58)49-37-20-13-28(47)22-36(37)48)24-34-31(18-19-33-40(34)44(57)50(42(33)55)21-7-3-6-10-39(53)54)41(46)32-17-16-30(23-38(32)52)60-25-26-8-4-2-5-9-26/h2,4-5,8-9,11-18,20,22-23,33-35,40-41,49,52H,3,6-7,10,19,21,24-25H2,1H3,(H,53,54)/t33-,34+,35-,40-,41+,46+/m0/s1. The number of halogens is 2. The van der Waals surface area contributed by atoms with Crippen LogP contribution in [-0.4, -0.2) is 63.4 Å². The molecule has 4 aromatic rings. The van der Waals surface area contributed by atoms with E-state index < -0.39 is 52.8 Å². The van der Waals surface area contributed by atoms with E-state index in [2.05, 4.69) is 5.43 Å². The number of aliphatic carboxylic acids is 1. The monoisotopic (exact) mass is 851 g/mol. The first-order chi connectivity index (χ1) is 28.9. The summed E-state index contributed by atoms with van der Waals surface area (Å²) in [5.41, 5.74) is 4.01. The largest absolute Gasteiger partial charge is 0.508 e. The molecule has 2 aliphatic carbocycles. The summed E-state index contributed by atoms with van der Waals surface area (Å²) in [5.74, 6) is -6.23. The predicted octanol–water partition coefficient (Wildman–Crippen LogP) is 7.92. The summed E-state index contributed by atoms with van der Waals surface area (Å²) < 4.78 is 11.6.